The van der Waals surface area contributed by atoms with Crippen molar-refractivity contribution in [3.63, 3.8) is 0 Å². The van der Waals surface area contributed by atoms with Gasteiger partial charge in [0.2, 0.25) is 5.52 Å². The van der Waals surface area contributed by atoms with Crippen LogP contribution in [0, 0.1) is 10.1 Å². The minimum Gasteiger partial charge on any atom is -0.394 e. The number of hydrogen-bond donors (Lipinski definition) is 3. The highest BCUT2D eigenvalue weighted by Gasteiger charge is 2.44. The monoisotopic (exact) mass is 447 g/mol. The lowest BCUT2D eigenvalue weighted by atomic mass is 10.1. The predicted octanol–water partition coefficient (Wildman–Crippen LogP) is 0.0334. The second-order valence-corrected chi connectivity index (χ2v) is 7.67. The topological polar surface area (TPSA) is 196 Å². The number of hydrogen-bond acceptors (Lipinski definition) is 13. The number of fused-ring (bicyclic) bond motifs is 2. The van der Waals surface area contributed by atoms with Gasteiger partial charge in [-0.25, -0.2) is 19.6 Å². The molecule has 4 aromatic rings. The first-order valence-corrected chi connectivity index (χ1v) is 9.68. The Morgan fingerprint density at radius 1 is 1.13 bits per heavy atom. The van der Waals surface area contributed by atoms with Gasteiger partial charge < -0.3 is 20.1 Å². The Hall–Kier alpha value is -3.24. The van der Waals surface area contributed by atoms with Gasteiger partial charge in [0.05, 0.1) is 17.9 Å². The molecule has 0 saturated carbocycles. The van der Waals surface area contributed by atoms with Crippen LogP contribution in [0.1, 0.15) is 6.23 Å². The average molecular weight is 447 g/mol. The molecule has 31 heavy (non-hydrogen) atoms. The predicted molar refractivity (Wildman–Crippen MR) is 101 cm³/mol. The number of rotatable bonds is 5. The van der Waals surface area contributed by atoms with Crippen LogP contribution in [0.2, 0.25) is 0 Å². The van der Waals surface area contributed by atoms with Crippen LogP contribution >= 0.6 is 11.8 Å². The molecule has 3 N–H and O–H groups in total. The summed E-state index contributed by atoms with van der Waals surface area (Å²) in [4.78, 5) is 23.8. The third-order valence-corrected chi connectivity index (χ3v) is 5.92. The van der Waals surface area contributed by atoms with Crippen molar-refractivity contribution in [3.8, 4) is 0 Å². The highest BCUT2D eigenvalue weighted by atomic mass is 32.2. The number of imidazole rings is 1. The van der Waals surface area contributed by atoms with Gasteiger partial charge in [0.1, 0.15) is 35.2 Å². The van der Waals surface area contributed by atoms with Gasteiger partial charge in [0, 0.05) is 11.0 Å². The van der Waals surface area contributed by atoms with E-state index in [9.17, 15) is 25.4 Å². The van der Waals surface area contributed by atoms with Crippen molar-refractivity contribution in [1.29, 1.82) is 0 Å². The Labute approximate surface area is 175 Å². The second kappa shape index (κ2) is 7.47. The number of nitro benzene ring substituents is 1. The Kier molecular flexibility index (Phi) is 4.75. The zero-order valence-corrected chi connectivity index (χ0v) is 16.2. The summed E-state index contributed by atoms with van der Waals surface area (Å²) in [6, 6.07) is 2.80. The number of non-ortho nitro benzene ring substituents is 1. The summed E-state index contributed by atoms with van der Waals surface area (Å²) in [5.74, 6) is 0. The van der Waals surface area contributed by atoms with Gasteiger partial charge in [-0.2, -0.15) is 0 Å². The van der Waals surface area contributed by atoms with E-state index in [1.807, 2.05) is 0 Å². The first-order valence-electron chi connectivity index (χ1n) is 8.87. The van der Waals surface area contributed by atoms with Crippen LogP contribution in [0.25, 0.3) is 22.2 Å². The fourth-order valence-electron chi connectivity index (χ4n) is 3.37. The van der Waals surface area contributed by atoms with Crippen molar-refractivity contribution in [3.05, 3.63) is 34.9 Å². The summed E-state index contributed by atoms with van der Waals surface area (Å²) >= 11 is 1.13. The van der Waals surface area contributed by atoms with Crippen molar-refractivity contribution in [2.24, 2.45) is 0 Å². The number of benzene rings is 1. The average Bonchev–Trinajstić information content (AvgIpc) is 3.47. The Bertz CT molecular complexity index is 1290. The number of aliphatic hydroxyl groups is 3. The second-order valence-electron chi connectivity index (χ2n) is 6.64. The molecule has 4 heterocycles. The van der Waals surface area contributed by atoms with E-state index in [1.165, 1.54) is 29.4 Å². The molecule has 1 saturated heterocycles. The smallest absolute Gasteiger partial charge is 0.300 e. The molecule has 3 aromatic heterocycles. The summed E-state index contributed by atoms with van der Waals surface area (Å²) in [5.41, 5.74) is 0.672. The van der Waals surface area contributed by atoms with Crippen LogP contribution in [0.4, 0.5) is 5.69 Å². The van der Waals surface area contributed by atoms with Crippen molar-refractivity contribution in [2.75, 3.05) is 6.61 Å². The Morgan fingerprint density at radius 2 is 1.94 bits per heavy atom. The van der Waals surface area contributed by atoms with E-state index in [4.69, 9.17) is 4.74 Å². The van der Waals surface area contributed by atoms with E-state index in [-0.39, 0.29) is 16.7 Å². The van der Waals surface area contributed by atoms with Gasteiger partial charge in [-0.05, 0) is 16.4 Å². The summed E-state index contributed by atoms with van der Waals surface area (Å²) in [7, 11) is 0. The first-order chi connectivity index (χ1) is 15.0. The van der Waals surface area contributed by atoms with Crippen LogP contribution in [-0.2, 0) is 4.74 Å². The third-order valence-electron chi connectivity index (χ3n) is 4.88. The summed E-state index contributed by atoms with van der Waals surface area (Å²) in [6.45, 7) is -0.459. The molecule has 0 radical (unpaired) electrons. The van der Waals surface area contributed by atoms with Gasteiger partial charge in [0.25, 0.3) is 0 Å². The van der Waals surface area contributed by atoms with E-state index in [0.29, 0.717) is 21.1 Å². The highest BCUT2D eigenvalue weighted by molar-refractivity contribution is 7.99. The van der Waals surface area contributed by atoms with E-state index < -0.39 is 36.1 Å². The zero-order chi connectivity index (χ0) is 21.7. The summed E-state index contributed by atoms with van der Waals surface area (Å²) in [6.07, 6.45) is -1.84. The Morgan fingerprint density at radius 3 is 2.68 bits per heavy atom. The number of aromatic nitrogens is 6. The van der Waals surface area contributed by atoms with Crippen LogP contribution in [-0.4, -0.2) is 75.0 Å². The molecular weight excluding hydrogens is 434 g/mol. The highest BCUT2D eigenvalue weighted by Crippen LogP contribution is 2.38. The molecule has 1 aliphatic heterocycles. The molecule has 0 spiro atoms. The fourth-order valence-corrected chi connectivity index (χ4v) is 4.28. The van der Waals surface area contributed by atoms with Crippen molar-refractivity contribution >= 4 is 39.6 Å². The largest absolute Gasteiger partial charge is 0.394 e. The Balaban J connectivity index is 1.53. The number of nitrogens with zero attached hydrogens (tertiary/aromatic N) is 7. The normalized spacial score (nSPS) is 23.7. The summed E-state index contributed by atoms with van der Waals surface area (Å²) < 4.78 is 11.7. The van der Waals surface area contributed by atoms with Crippen LogP contribution in [0.3, 0.4) is 0 Å². The van der Waals surface area contributed by atoms with Gasteiger partial charge in [-0.3, -0.25) is 14.7 Å². The minimum atomic E-state index is -1.30. The lowest BCUT2D eigenvalue weighted by Gasteiger charge is -2.16. The quantitative estimate of drug-likeness (QED) is 0.211. The van der Waals surface area contributed by atoms with Crippen molar-refractivity contribution < 1.29 is 29.6 Å². The van der Waals surface area contributed by atoms with Gasteiger partial charge >= 0.3 is 5.69 Å². The third kappa shape index (κ3) is 3.10. The maximum Gasteiger partial charge on any atom is 0.300 e. The van der Waals surface area contributed by atoms with Gasteiger partial charge in [-0.1, -0.05) is 11.8 Å². The van der Waals surface area contributed by atoms with Crippen molar-refractivity contribution in [2.45, 2.75) is 34.5 Å². The maximum absolute atomic E-state index is 11.2. The van der Waals surface area contributed by atoms with Gasteiger partial charge in [0.15, 0.2) is 17.4 Å². The summed E-state index contributed by atoms with van der Waals surface area (Å²) in [5, 5.41) is 48.6. The van der Waals surface area contributed by atoms with Crippen LogP contribution in [0.15, 0.2) is 39.3 Å². The molecular formula is C16H13N7O7S. The van der Waals surface area contributed by atoms with Crippen LogP contribution < -0.4 is 0 Å². The molecule has 1 aromatic carbocycles. The molecule has 0 aliphatic carbocycles. The van der Waals surface area contributed by atoms with E-state index >= 15 is 0 Å². The van der Waals surface area contributed by atoms with Crippen molar-refractivity contribution in [1.82, 2.24) is 29.8 Å². The molecule has 0 amide bonds. The van der Waals surface area contributed by atoms with E-state index in [2.05, 4.69) is 29.9 Å². The molecule has 14 nitrogen and oxygen atoms in total. The molecule has 0 bridgehead atoms. The molecule has 1 fully saturated rings. The molecule has 4 atom stereocenters. The SMILES string of the molecule is O=[N+]([O-])c1ccc(Sc2ncnc3c2ncn3[C@H]2O[C@@H](CO)[C@@H](O)[C@H]2O)c2nonc12. The van der Waals surface area contributed by atoms with Crippen LogP contribution in [0.5, 0.6) is 0 Å². The van der Waals surface area contributed by atoms with E-state index in [1.54, 1.807) is 0 Å². The molecule has 5 rings (SSSR count). The zero-order valence-electron chi connectivity index (χ0n) is 15.3. The maximum atomic E-state index is 11.2. The number of aliphatic hydroxyl groups excluding tert-OH is 3. The fraction of sp³-hybridized carbons (Fsp3) is 0.312. The molecule has 0 unspecified atom stereocenters. The molecule has 160 valence electrons. The molecule has 1 aliphatic rings. The van der Waals surface area contributed by atoms with E-state index in [0.717, 1.165) is 11.8 Å². The number of ether oxygens (including phenoxy) is 1. The number of nitro groups is 1. The molecule has 15 heteroatoms. The standard InChI is InChI=1S/C16H13N7O7S/c24-3-7-12(25)13(26)16(29-7)22-5-19-11-14(22)17-4-18-15(11)31-8-2-1-6(23(27)28)9-10(8)21-30-20-9/h1-2,4-5,7,12-13,16,24-26H,3H2/t7-,12+,13+,16-/m0/s1. The lowest BCUT2D eigenvalue weighted by Crippen LogP contribution is -2.33. The lowest BCUT2D eigenvalue weighted by molar-refractivity contribution is -0.383. The first kappa shape index (κ1) is 19.7. The van der Waals surface area contributed by atoms with Gasteiger partial charge in [-0.15, -0.1) is 0 Å². The minimum absolute atomic E-state index is 0.0114.